The number of rotatable bonds is 4. The van der Waals surface area contributed by atoms with E-state index in [0.29, 0.717) is 23.0 Å². The van der Waals surface area contributed by atoms with Crippen LogP contribution in [0, 0.1) is 46.3 Å². The van der Waals surface area contributed by atoms with Crippen molar-refractivity contribution in [1.29, 1.82) is 0 Å². The van der Waals surface area contributed by atoms with Crippen LogP contribution in [0.15, 0.2) is 0 Å². The van der Waals surface area contributed by atoms with Crippen LogP contribution in [0.5, 0.6) is 0 Å². The Kier molecular flexibility index (Phi) is 6.53. The van der Waals surface area contributed by atoms with Gasteiger partial charge >= 0.3 is 0 Å². The number of hydrogen-bond acceptors (Lipinski definition) is 2. The van der Waals surface area contributed by atoms with Gasteiger partial charge in [0, 0.05) is 6.10 Å². The largest absolute Gasteiger partial charge is 0.414 e. The Balaban J connectivity index is 1.44. The lowest BCUT2D eigenvalue weighted by Crippen LogP contribution is -2.60. The van der Waals surface area contributed by atoms with Crippen molar-refractivity contribution in [2.75, 3.05) is 0 Å². The van der Waals surface area contributed by atoms with Crippen molar-refractivity contribution in [2.45, 2.75) is 155 Å². The zero-order valence-electron chi connectivity index (χ0n) is 26.1. The predicted octanol–water partition coefficient (Wildman–Crippen LogP) is 9.67. The Morgan fingerprint density at radius 2 is 1.22 bits per heavy atom. The van der Waals surface area contributed by atoms with Gasteiger partial charge in [-0.15, -0.1) is 0 Å². The van der Waals surface area contributed by atoms with E-state index >= 15 is 0 Å². The molecule has 0 aliphatic heterocycles. The Morgan fingerprint density at radius 1 is 0.639 bits per heavy atom. The molecule has 5 aliphatic carbocycles. The molecule has 0 spiro atoms. The van der Waals surface area contributed by atoms with Crippen molar-refractivity contribution in [3.05, 3.63) is 0 Å². The summed E-state index contributed by atoms with van der Waals surface area (Å²) >= 11 is 0. The van der Waals surface area contributed by atoms with E-state index in [4.69, 9.17) is 8.85 Å². The summed E-state index contributed by atoms with van der Waals surface area (Å²) < 4.78 is 14.7. The quantitative estimate of drug-likeness (QED) is 0.335. The van der Waals surface area contributed by atoms with Crippen molar-refractivity contribution < 1.29 is 8.85 Å². The standard InChI is InChI=1S/C32H60O2Si2/c1-29(2,3)35(9,10)33-27-19-23-24-13-14-28(34-36(11,12)30(4,5)6)31(24,7)16-15-25(23)32(8)20-22-17-21(22)18-26(27)32/h21-28H,13-20H2,1-12H3/t21-,22+,23?,24?,25?,26+,27-,28-,31-,32+/m0/s1. The highest BCUT2D eigenvalue weighted by atomic mass is 28.4. The molecule has 0 amide bonds. The molecule has 0 heterocycles. The van der Waals surface area contributed by atoms with E-state index in [9.17, 15) is 0 Å². The van der Waals surface area contributed by atoms with Crippen molar-refractivity contribution in [3.63, 3.8) is 0 Å². The van der Waals surface area contributed by atoms with E-state index < -0.39 is 16.6 Å². The predicted molar refractivity (Wildman–Crippen MR) is 158 cm³/mol. The van der Waals surface area contributed by atoms with Gasteiger partial charge in [0.15, 0.2) is 16.6 Å². The van der Waals surface area contributed by atoms with Crippen LogP contribution >= 0.6 is 0 Å². The van der Waals surface area contributed by atoms with Crippen LogP contribution < -0.4 is 0 Å². The lowest BCUT2D eigenvalue weighted by Gasteiger charge is -2.63. The van der Waals surface area contributed by atoms with Gasteiger partial charge in [-0.25, -0.2) is 0 Å². The third-order valence-corrected chi connectivity index (χ3v) is 22.8. The van der Waals surface area contributed by atoms with Crippen molar-refractivity contribution >= 4 is 16.6 Å². The summed E-state index contributed by atoms with van der Waals surface area (Å²) in [6.07, 6.45) is 12.3. The SMILES string of the molecule is CC(C)(C)[Si](C)(C)O[C@H]1CC2C3CC[C@H](O[Si](C)(C)C(C)(C)C)[C@@]3(C)CCC2[C@@]2(C)C[C@H]3C[C@H]3C[C@H]12. The van der Waals surface area contributed by atoms with E-state index in [1.807, 2.05) is 0 Å². The molecule has 0 radical (unpaired) electrons. The molecule has 2 nitrogen and oxygen atoms in total. The summed E-state index contributed by atoms with van der Waals surface area (Å²) in [6.45, 7) is 29.8. The van der Waals surface area contributed by atoms with E-state index in [2.05, 4.69) is 81.6 Å². The Hall–Kier alpha value is 0.354. The Bertz CT molecular complexity index is 853. The van der Waals surface area contributed by atoms with Gasteiger partial charge in [0.2, 0.25) is 0 Å². The van der Waals surface area contributed by atoms with Crippen LogP contribution in [0.1, 0.15) is 107 Å². The van der Waals surface area contributed by atoms with Crippen molar-refractivity contribution in [2.24, 2.45) is 46.3 Å². The Morgan fingerprint density at radius 3 is 1.83 bits per heavy atom. The normalized spacial score (nSPS) is 47.0. The summed E-state index contributed by atoms with van der Waals surface area (Å²) in [7, 11) is -3.57. The van der Waals surface area contributed by atoms with E-state index in [1.54, 1.807) is 0 Å². The molecule has 5 rings (SSSR count). The minimum atomic E-state index is -1.80. The third-order valence-electron chi connectivity index (χ3n) is 13.8. The molecule has 5 aliphatic rings. The minimum Gasteiger partial charge on any atom is -0.414 e. The van der Waals surface area contributed by atoms with Gasteiger partial charge in [-0.1, -0.05) is 55.4 Å². The molecule has 36 heavy (non-hydrogen) atoms. The molecule has 5 saturated carbocycles. The topological polar surface area (TPSA) is 18.5 Å². The smallest absolute Gasteiger partial charge is 0.192 e. The molecule has 0 saturated heterocycles. The van der Waals surface area contributed by atoms with E-state index in [-0.39, 0.29) is 10.1 Å². The van der Waals surface area contributed by atoms with E-state index in [1.165, 1.54) is 51.4 Å². The zero-order chi connectivity index (χ0) is 26.7. The maximum Gasteiger partial charge on any atom is 0.192 e. The van der Waals surface area contributed by atoms with Crippen LogP contribution in [-0.4, -0.2) is 28.8 Å². The van der Waals surface area contributed by atoms with Crippen LogP contribution in [0.2, 0.25) is 36.3 Å². The number of fused-ring (bicyclic) bond motifs is 6. The highest BCUT2D eigenvalue weighted by Crippen LogP contribution is 2.71. The maximum atomic E-state index is 7.44. The van der Waals surface area contributed by atoms with Gasteiger partial charge in [-0.3, -0.25) is 0 Å². The fourth-order valence-corrected chi connectivity index (χ4v) is 12.2. The number of hydrogen-bond donors (Lipinski definition) is 0. The fraction of sp³-hybridized carbons (Fsp3) is 1.00. The maximum absolute atomic E-state index is 7.44. The molecular weight excluding hydrogens is 473 g/mol. The molecule has 208 valence electrons. The second-order valence-electron chi connectivity index (χ2n) is 17.8. The highest BCUT2D eigenvalue weighted by Gasteiger charge is 2.66. The molecular formula is C32H60O2Si2. The van der Waals surface area contributed by atoms with Gasteiger partial charge in [-0.05, 0) is 134 Å². The minimum absolute atomic E-state index is 0.285. The van der Waals surface area contributed by atoms with Gasteiger partial charge < -0.3 is 8.85 Å². The second-order valence-corrected chi connectivity index (χ2v) is 27.3. The third kappa shape index (κ3) is 4.29. The highest BCUT2D eigenvalue weighted by molar-refractivity contribution is 6.74. The molecule has 0 aromatic carbocycles. The molecule has 4 heteroatoms. The van der Waals surface area contributed by atoms with Crippen LogP contribution in [0.25, 0.3) is 0 Å². The van der Waals surface area contributed by atoms with E-state index in [0.717, 1.165) is 35.5 Å². The molecule has 3 unspecified atom stereocenters. The fourth-order valence-electron chi connectivity index (χ4n) is 9.39. The average molecular weight is 533 g/mol. The summed E-state index contributed by atoms with van der Waals surface area (Å²) in [5.74, 6) is 5.42. The zero-order valence-corrected chi connectivity index (χ0v) is 28.1. The average Bonchev–Trinajstić information content (AvgIpc) is 3.38. The van der Waals surface area contributed by atoms with Gasteiger partial charge in [0.1, 0.15) is 0 Å². The van der Waals surface area contributed by atoms with Crippen LogP contribution in [-0.2, 0) is 8.85 Å². The van der Waals surface area contributed by atoms with Gasteiger partial charge in [0.05, 0.1) is 6.10 Å². The summed E-state index contributed by atoms with van der Waals surface area (Å²) in [5.41, 5.74) is 0.853. The first-order valence-electron chi connectivity index (χ1n) is 15.7. The molecule has 0 aromatic heterocycles. The monoisotopic (exact) mass is 532 g/mol. The first-order valence-corrected chi connectivity index (χ1v) is 21.5. The van der Waals surface area contributed by atoms with Crippen molar-refractivity contribution in [1.82, 2.24) is 0 Å². The first kappa shape index (κ1) is 27.9. The lowest BCUT2D eigenvalue weighted by atomic mass is 9.44. The van der Waals surface area contributed by atoms with Crippen molar-refractivity contribution in [3.8, 4) is 0 Å². The summed E-state index contributed by atoms with van der Waals surface area (Å²) in [4.78, 5) is 0. The van der Waals surface area contributed by atoms with Gasteiger partial charge in [-0.2, -0.15) is 0 Å². The second kappa shape index (κ2) is 8.43. The summed E-state index contributed by atoms with van der Waals surface area (Å²) in [6, 6.07) is 0. The lowest BCUT2D eigenvalue weighted by molar-refractivity contribution is -0.159. The molecule has 5 fully saturated rings. The molecule has 0 bridgehead atoms. The van der Waals surface area contributed by atoms with Crippen LogP contribution in [0.3, 0.4) is 0 Å². The first-order chi connectivity index (χ1) is 16.3. The Labute approximate surface area is 226 Å². The molecule has 0 aromatic rings. The van der Waals surface area contributed by atoms with Crippen LogP contribution in [0.4, 0.5) is 0 Å². The molecule has 0 N–H and O–H groups in total. The van der Waals surface area contributed by atoms with Gasteiger partial charge in [0.25, 0.3) is 0 Å². The summed E-state index contributed by atoms with van der Waals surface area (Å²) in [5, 5.41) is 0.572. The molecule has 10 atom stereocenters.